The number of hydrogen-bond acceptors (Lipinski definition) is 4. The van der Waals surface area contributed by atoms with Crippen LogP contribution in [0.2, 0.25) is 0 Å². The molecule has 0 saturated heterocycles. The van der Waals surface area contributed by atoms with Crippen molar-refractivity contribution in [1.29, 1.82) is 0 Å². The molecule has 1 aromatic carbocycles. The molecule has 0 fully saturated rings. The number of nitrogens with two attached hydrogens (primary N) is 1. The Labute approximate surface area is 120 Å². The van der Waals surface area contributed by atoms with Crippen LogP contribution in [-0.2, 0) is 16.0 Å². The first kappa shape index (κ1) is 14.8. The number of nitrogens with zero attached hydrogens (tertiary/aromatic N) is 1. The van der Waals surface area contributed by atoms with Crippen molar-refractivity contribution in [1.82, 2.24) is 5.32 Å². The highest BCUT2D eigenvalue weighted by molar-refractivity contribution is 5.80. The summed E-state index contributed by atoms with van der Waals surface area (Å²) in [5.74, 6) is -0.128. The molecule has 5 nitrogen and oxygen atoms in total. The van der Waals surface area contributed by atoms with Crippen LogP contribution in [0.3, 0.4) is 0 Å². The number of ether oxygens (including phenoxy) is 1. The summed E-state index contributed by atoms with van der Waals surface area (Å²) in [6.07, 6.45) is 1.49. The molecule has 1 amide bonds. The summed E-state index contributed by atoms with van der Waals surface area (Å²) in [5, 5.41) is 2.86. The minimum absolute atomic E-state index is 0.128. The lowest BCUT2D eigenvalue weighted by molar-refractivity contribution is -0.130. The third kappa shape index (κ3) is 3.49. The van der Waals surface area contributed by atoms with Crippen LogP contribution in [0.15, 0.2) is 24.3 Å². The highest BCUT2D eigenvalue weighted by Gasteiger charge is 2.18. The Morgan fingerprint density at radius 2 is 2.30 bits per heavy atom. The van der Waals surface area contributed by atoms with E-state index in [1.165, 1.54) is 18.4 Å². The van der Waals surface area contributed by atoms with Gasteiger partial charge in [-0.3, -0.25) is 4.79 Å². The smallest absolute Gasteiger partial charge is 0.250 e. The van der Waals surface area contributed by atoms with Crippen molar-refractivity contribution < 1.29 is 9.53 Å². The molecule has 5 heteroatoms. The van der Waals surface area contributed by atoms with Crippen LogP contribution in [-0.4, -0.2) is 45.3 Å². The van der Waals surface area contributed by atoms with Crippen molar-refractivity contribution in [3.63, 3.8) is 0 Å². The maximum atomic E-state index is 11.7. The summed E-state index contributed by atoms with van der Waals surface area (Å²) in [6, 6.07) is 8.50. The summed E-state index contributed by atoms with van der Waals surface area (Å²) >= 11 is 0. The van der Waals surface area contributed by atoms with Crippen molar-refractivity contribution in [2.75, 3.05) is 38.2 Å². The van der Waals surface area contributed by atoms with Crippen LogP contribution >= 0.6 is 0 Å². The van der Waals surface area contributed by atoms with Crippen LogP contribution in [0.1, 0.15) is 12.0 Å². The largest absolute Gasteiger partial charge is 0.371 e. The summed E-state index contributed by atoms with van der Waals surface area (Å²) in [5.41, 5.74) is 8.19. The molecule has 1 unspecified atom stereocenters. The Balaban J connectivity index is 1.71. The SMILES string of the molecule is COC(CN)C(=O)NCCCN1CCc2ccccc21. The predicted molar refractivity (Wildman–Crippen MR) is 79.8 cm³/mol. The maximum absolute atomic E-state index is 11.7. The second-order valence-corrected chi connectivity index (χ2v) is 4.97. The Morgan fingerprint density at radius 1 is 1.50 bits per heavy atom. The number of para-hydroxylation sites is 1. The molecule has 0 bridgehead atoms. The molecule has 110 valence electrons. The fourth-order valence-corrected chi connectivity index (χ4v) is 2.54. The molecular weight excluding hydrogens is 254 g/mol. The zero-order valence-corrected chi connectivity index (χ0v) is 12.0. The van der Waals surface area contributed by atoms with Gasteiger partial charge < -0.3 is 20.7 Å². The van der Waals surface area contributed by atoms with E-state index in [1.807, 2.05) is 0 Å². The molecule has 1 aliphatic rings. The highest BCUT2D eigenvalue weighted by Crippen LogP contribution is 2.27. The monoisotopic (exact) mass is 277 g/mol. The van der Waals surface area contributed by atoms with Gasteiger partial charge in [0.05, 0.1) is 0 Å². The number of anilines is 1. The Morgan fingerprint density at radius 3 is 3.05 bits per heavy atom. The van der Waals surface area contributed by atoms with E-state index < -0.39 is 6.10 Å². The van der Waals surface area contributed by atoms with Gasteiger partial charge in [-0.1, -0.05) is 18.2 Å². The molecule has 20 heavy (non-hydrogen) atoms. The van der Waals surface area contributed by atoms with Crippen molar-refractivity contribution in [3.8, 4) is 0 Å². The molecule has 0 radical (unpaired) electrons. The van der Waals surface area contributed by atoms with Gasteiger partial charge in [-0.2, -0.15) is 0 Å². The third-order valence-corrected chi connectivity index (χ3v) is 3.68. The quantitative estimate of drug-likeness (QED) is 0.713. The molecule has 0 aromatic heterocycles. The average Bonchev–Trinajstić information content (AvgIpc) is 2.88. The first-order valence-electron chi connectivity index (χ1n) is 7.09. The van der Waals surface area contributed by atoms with Crippen molar-refractivity contribution in [3.05, 3.63) is 29.8 Å². The molecule has 0 aliphatic carbocycles. The van der Waals surface area contributed by atoms with E-state index in [0.29, 0.717) is 6.54 Å². The minimum atomic E-state index is -0.539. The van der Waals surface area contributed by atoms with Gasteiger partial charge in [-0.05, 0) is 24.5 Å². The van der Waals surface area contributed by atoms with E-state index in [9.17, 15) is 4.79 Å². The first-order chi connectivity index (χ1) is 9.76. The van der Waals surface area contributed by atoms with Crippen LogP contribution in [0, 0.1) is 0 Å². The molecular formula is C15H23N3O2. The number of amides is 1. The predicted octanol–water partition coefficient (Wildman–Crippen LogP) is 0.529. The molecule has 0 spiro atoms. The third-order valence-electron chi connectivity index (χ3n) is 3.68. The van der Waals surface area contributed by atoms with Gasteiger partial charge in [0.15, 0.2) is 0 Å². The molecule has 1 atom stereocenters. The fourth-order valence-electron chi connectivity index (χ4n) is 2.54. The number of rotatable bonds is 7. The average molecular weight is 277 g/mol. The van der Waals surface area contributed by atoms with Gasteiger partial charge >= 0.3 is 0 Å². The molecule has 2 rings (SSSR count). The second-order valence-electron chi connectivity index (χ2n) is 4.97. The van der Waals surface area contributed by atoms with Crippen molar-refractivity contribution in [2.45, 2.75) is 18.9 Å². The zero-order chi connectivity index (χ0) is 14.4. The van der Waals surface area contributed by atoms with E-state index in [2.05, 4.69) is 34.5 Å². The molecule has 0 saturated carbocycles. The minimum Gasteiger partial charge on any atom is -0.371 e. The molecule has 1 aliphatic heterocycles. The van der Waals surface area contributed by atoms with Crippen LogP contribution in [0.25, 0.3) is 0 Å². The zero-order valence-electron chi connectivity index (χ0n) is 12.0. The number of carbonyl (C=O) groups is 1. The van der Waals surface area contributed by atoms with Gasteiger partial charge in [0, 0.05) is 39.0 Å². The highest BCUT2D eigenvalue weighted by atomic mass is 16.5. The van der Waals surface area contributed by atoms with E-state index in [-0.39, 0.29) is 12.5 Å². The van der Waals surface area contributed by atoms with Crippen molar-refractivity contribution >= 4 is 11.6 Å². The van der Waals surface area contributed by atoms with Gasteiger partial charge in [-0.15, -0.1) is 0 Å². The van der Waals surface area contributed by atoms with E-state index in [4.69, 9.17) is 10.5 Å². The Hall–Kier alpha value is -1.59. The van der Waals surface area contributed by atoms with E-state index >= 15 is 0 Å². The summed E-state index contributed by atoms with van der Waals surface area (Å²) in [4.78, 5) is 14.0. The lowest BCUT2D eigenvalue weighted by atomic mass is 10.2. The van der Waals surface area contributed by atoms with Gasteiger partial charge in [-0.25, -0.2) is 0 Å². The van der Waals surface area contributed by atoms with Crippen LogP contribution in [0.4, 0.5) is 5.69 Å². The summed E-state index contributed by atoms with van der Waals surface area (Å²) in [6.45, 7) is 2.88. The van der Waals surface area contributed by atoms with Crippen molar-refractivity contribution in [2.24, 2.45) is 5.73 Å². The van der Waals surface area contributed by atoms with Crippen LogP contribution < -0.4 is 16.0 Å². The topological polar surface area (TPSA) is 67.6 Å². The number of methoxy groups -OCH3 is 1. The standard InChI is InChI=1S/C15H23N3O2/c1-20-14(11-16)15(19)17-8-4-9-18-10-7-12-5-2-3-6-13(12)18/h2-3,5-6,14H,4,7-11,16H2,1H3,(H,17,19). The number of carbonyl (C=O) groups excluding carboxylic acids is 1. The number of hydrogen-bond donors (Lipinski definition) is 2. The number of fused-ring (bicyclic) bond motifs is 1. The molecule has 1 heterocycles. The molecule has 3 N–H and O–H groups in total. The lowest BCUT2D eigenvalue weighted by Gasteiger charge is -2.19. The summed E-state index contributed by atoms with van der Waals surface area (Å²) < 4.78 is 4.99. The van der Waals surface area contributed by atoms with Gasteiger partial charge in [0.2, 0.25) is 5.91 Å². The Bertz CT molecular complexity index is 446. The molecule has 1 aromatic rings. The Kier molecular flexibility index (Phi) is 5.38. The van der Waals surface area contributed by atoms with Crippen LogP contribution in [0.5, 0.6) is 0 Å². The second kappa shape index (κ2) is 7.26. The number of nitrogens with one attached hydrogen (secondary N) is 1. The normalized spacial score (nSPS) is 15.0. The lowest BCUT2D eigenvalue weighted by Crippen LogP contribution is -2.41. The van der Waals surface area contributed by atoms with Gasteiger partial charge in [0.25, 0.3) is 0 Å². The summed E-state index contributed by atoms with van der Waals surface area (Å²) in [7, 11) is 1.50. The van der Waals surface area contributed by atoms with E-state index in [1.54, 1.807) is 0 Å². The maximum Gasteiger partial charge on any atom is 0.250 e. The first-order valence-corrected chi connectivity index (χ1v) is 7.09. The number of benzene rings is 1. The van der Waals surface area contributed by atoms with E-state index in [0.717, 1.165) is 25.9 Å². The van der Waals surface area contributed by atoms with Gasteiger partial charge in [0.1, 0.15) is 6.10 Å². The fraction of sp³-hybridized carbons (Fsp3) is 0.533.